The van der Waals surface area contributed by atoms with E-state index in [-0.39, 0.29) is 13.2 Å². The van der Waals surface area contributed by atoms with Crippen LogP contribution in [0.2, 0.25) is 0 Å². The van der Waals surface area contributed by atoms with Crippen LogP contribution < -0.4 is 5.32 Å². The number of nitrogens with one attached hydrogen (secondary N) is 1. The molecule has 0 saturated carbocycles. The van der Waals surface area contributed by atoms with Crippen LogP contribution >= 0.6 is 0 Å². The van der Waals surface area contributed by atoms with Crippen LogP contribution in [0.3, 0.4) is 0 Å². The molecule has 1 aromatic rings. The van der Waals surface area contributed by atoms with Crippen molar-refractivity contribution >= 4 is 6.09 Å². The molecular formula is C10H13NO4. The summed E-state index contributed by atoms with van der Waals surface area (Å²) in [6.07, 6.45) is -2.23. The number of rotatable bonds is 4. The highest BCUT2D eigenvalue weighted by Crippen LogP contribution is 2.00. The number of ether oxygens (including phenoxy) is 1. The van der Waals surface area contributed by atoms with Crippen molar-refractivity contribution in [2.45, 2.75) is 12.9 Å². The first-order valence-corrected chi connectivity index (χ1v) is 4.49. The van der Waals surface area contributed by atoms with Crippen LogP contribution in [0, 0.1) is 0 Å². The van der Waals surface area contributed by atoms with Gasteiger partial charge in [-0.3, -0.25) is 0 Å². The normalized spacial score (nSPS) is 10.1. The van der Waals surface area contributed by atoms with E-state index in [1.165, 1.54) is 0 Å². The fraction of sp³-hybridized carbons (Fsp3) is 0.300. The van der Waals surface area contributed by atoms with Crippen LogP contribution in [-0.4, -0.2) is 29.1 Å². The molecule has 3 N–H and O–H groups in total. The van der Waals surface area contributed by atoms with Crippen molar-refractivity contribution in [2.24, 2.45) is 0 Å². The molecule has 15 heavy (non-hydrogen) atoms. The van der Waals surface area contributed by atoms with Crippen molar-refractivity contribution in [3.05, 3.63) is 35.9 Å². The Labute approximate surface area is 87.3 Å². The SMILES string of the molecule is O=C(NCC(O)O)OCc1ccccc1. The maximum absolute atomic E-state index is 11.0. The van der Waals surface area contributed by atoms with E-state index >= 15 is 0 Å². The first kappa shape index (κ1) is 11.5. The van der Waals surface area contributed by atoms with Gasteiger partial charge in [0.25, 0.3) is 0 Å². The van der Waals surface area contributed by atoms with Gasteiger partial charge in [-0.1, -0.05) is 30.3 Å². The fourth-order valence-corrected chi connectivity index (χ4v) is 0.949. The first-order chi connectivity index (χ1) is 7.18. The minimum Gasteiger partial charge on any atom is -0.445 e. The summed E-state index contributed by atoms with van der Waals surface area (Å²) >= 11 is 0. The third-order valence-electron chi connectivity index (χ3n) is 1.64. The highest BCUT2D eigenvalue weighted by atomic mass is 16.5. The largest absolute Gasteiger partial charge is 0.445 e. The molecule has 0 aromatic heterocycles. The quantitative estimate of drug-likeness (QED) is 0.623. The van der Waals surface area contributed by atoms with Gasteiger partial charge in [0.2, 0.25) is 0 Å². The van der Waals surface area contributed by atoms with E-state index in [9.17, 15) is 4.79 Å². The van der Waals surface area contributed by atoms with E-state index in [0.717, 1.165) is 5.56 Å². The summed E-state index contributed by atoms with van der Waals surface area (Å²) in [6.45, 7) is -0.0815. The van der Waals surface area contributed by atoms with Crippen LogP contribution in [-0.2, 0) is 11.3 Å². The third kappa shape index (κ3) is 4.99. The minimum absolute atomic E-state index is 0.161. The van der Waals surface area contributed by atoms with Crippen molar-refractivity contribution in [3.63, 3.8) is 0 Å². The Balaban J connectivity index is 2.23. The molecule has 0 fully saturated rings. The molecule has 1 rings (SSSR count). The van der Waals surface area contributed by atoms with Gasteiger partial charge in [0.05, 0.1) is 6.54 Å². The summed E-state index contributed by atoms with van der Waals surface area (Å²) in [5, 5.41) is 19.1. The monoisotopic (exact) mass is 211 g/mol. The maximum atomic E-state index is 11.0. The molecule has 1 aromatic carbocycles. The average molecular weight is 211 g/mol. The zero-order valence-electron chi connectivity index (χ0n) is 8.09. The zero-order chi connectivity index (χ0) is 11.1. The molecule has 5 heteroatoms. The minimum atomic E-state index is -1.56. The van der Waals surface area contributed by atoms with Gasteiger partial charge in [0.15, 0.2) is 6.29 Å². The number of carbonyl (C=O) groups is 1. The predicted octanol–water partition coefficient (Wildman–Crippen LogP) is 0.223. The molecular weight excluding hydrogens is 198 g/mol. The number of amides is 1. The van der Waals surface area contributed by atoms with Crippen molar-refractivity contribution in [1.29, 1.82) is 0 Å². The van der Waals surface area contributed by atoms with Gasteiger partial charge in [-0.05, 0) is 5.56 Å². The molecule has 82 valence electrons. The van der Waals surface area contributed by atoms with Gasteiger partial charge in [0.1, 0.15) is 6.61 Å². The third-order valence-corrected chi connectivity index (χ3v) is 1.64. The lowest BCUT2D eigenvalue weighted by atomic mass is 10.2. The van der Waals surface area contributed by atoms with Gasteiger partial charge in [-0.2, -0.15) is 0 Å². The maximum Gasteiger partial charge on any atom is 0.407 e. The Morgan fingerprint density at radius 2 is 2.00 bits per heavy atom. The second kappa shape index (κ2) is 6.00. The Kier molecular flexibility index (Phi) is 4.59. The second-order valence-electron chi connectivity index (χ2n) is 2.92. The summed E-state index contributed by atoms with van der Waals surface area (Å²) in [4.78, 5) is 11.0. The summed E-state index contributed by atoms with van der Waals surface area (Å²) < 4.78 is 4.81. The first-order valence-electron chi connectivity index (χ1n) is 4.49. The van der Waals surface area contributed by atoms with Crippen molar-refractivity contribution < 1.29 is 19.7 Å². The van der Waals surface area contributed by atoms with Gasteiger partial charge in [0, 0.05) is 0 Å². The Hall–Kier alpha value is -1.59. The van der Waals surface area contributed by atoms with Gasteiger partial charge >= 0.3 is 6.09 Å². The Morgan fingerprint density at radius 3 is 2.60 bits per heavy atom. The van der Waals surface area contributed by atoms with Gasteiger partial charge < -0.3 is 20.3 Å². The highest BCUT2D eigenvalue weighted by molar-refractivity contribution is 5.67. The fourth-order valence-electron chi connectivity index (χ4n) is 0.949. The number of alkyl carbamates (subject to hydrolysis) is 1. The van der Waals surface area contributed by atoms with Crippen molar-refractivity contribution in [2.75, 3.05) is 6.54 Å². The molecule has 0 atom stereocenters. The van der Waals surface area contributed by atoms with Gasteiger partial charge in [-0.25, -0.2) is 4.79 Å². The van der Waals surface area contributed by atoms with Crippen LogP contribution in [0.15, 0.2) is 30.3 Å². The molecule has 0 aliphatic rings. The summed E-state index contributed by atoms with van der Waals surface area (Å²) in [7, 11) is 0. The standard InChI is InChI=1S/C10H13NO4/c12-9(13)6-11-10(14)15-7-8-4-2-1-3-5-8/h1-5,9,12-13H,6-7H2,(H,11,14). The molecule has 0 spiro atoms. The molecule has 0 radical (unpaired) electrons. The smallest absolute Gasteiger partial charge is 0.407 e. The van der Waals surface area contributed by atoms with E-state index in [1.54, 1.807) is 0 Å². The van der Waals surface area contributed by atoms with Crippen molar-refractivity contribution in [3.8, 4) is 0 Å². The van der Waals surface area contributed by atoms with Crippen molar-refractivity contribution in [1.82, 2.24) is 5.32 Å². The summed E-state index contributed by atoms with van der Waals surface area (Å²) in [6, 6.07) is 9.20. The van der Waals surface area contributed by atoms with E-state index in [1.807, 2.05) is 30.3 Å². The van der Waals surface area contributed by atoms with E-state index in [4.69, 9.17) is 14.9 Å². The second-order valence-corrected chi connectivity index (χ2v) is 2.92. The lowest BCUT2D eigenvalue weighted by Crippen LogP contribution is -2.32. The van der Waals surface area contributed by atoms with Gasteiger partial charge in [-0.15, -0.1) is 0 Å². The van der Waals surface area contributed by atoms with Crippen LogP contribution in [0.5, 0.6) is 0 Å². The van der Waals surface area contributed by atoms with E-state index in [2.05, 4.69) is 5.32 Å². The zero-order valence-corrected chi connectivity index (χ0v) is 8.09. The van der Waals surface area contributed by atoms with E-state index < -0.39 is 12.4 Å². The lowest BCUT2D eigenvalue weighted by molar-refractivity contribution is -0.0370. The summed E-state index contributed by atoms with van der Waals surface area (Å²) in [5.74, 6) is 0. The molecule has 0 heterocycles. The molecule has 0 aliphatic heterocycles. The van der Waals surface area contributed by atoms with E-state index in [0.29, 0.717) is 0 Å². The predicted molar refractivity (Wildman–Crippen MR) is 52.9 cm³/mol. The number of aliphatic hydroxyl groups excluding tert-OH is 1. The molecule has 0 aliphatic carbocycles. The topological polar surface area (TPSA) is 78.8 Å². The van der Waals surface area contributed by atoms with Crippen LogP contribution in [0.1, 0.15) is 5.56 Å². The molecule has 0 unspecified atom stereocenters. The van der Waals surface area contributed by atoms with Crippen LogP contribution in [0.4, 0.5) is 4.79 Å². The number of carbonyl (C=O) groups excluding carboxylic acids is 1. The highest BCUT2D eigenvalue weighted by Gasteiger charge is 2.04. The lowest BCUT2D eigenvalue weighted by Gasteiger charge is -2.07. The number of benzene rings is 1. The number of aliphatic hydroxyl groups is 2. The van der Waals surface area contributed by atoms with Crippen LogP contribution in [0.25, 0.3) is 0 Å². The summed E-state index contributed by atoms with van der Waals surface area (Å²) in [5.41, 5.74) is 0.872. The molecule has 0 bridgehead atoms. The molecule has 0 saturated heterocycles. The average Bonchev–Trinajstić information content (AvgIpc) is 2.25. The molecule has 5 nitrogen and oxygen atoms in total. The Morgan fingerprint density at radius 1 is 1.33 bits per heavy atom. The number of hydrogen-bond donors (Lipinski definition) is 3. The Bertz CT molecular complexity index is 300. The molecule has 1 amide bonds. The number of hydrogen-bond acceptors (Lipinski definition) is 4.